The highest BCUT2D eigenvalue weighted by Gasteiger charge is 2.55. The number of alkyl halides is 3. The number of hydrogen-bond acceptors (Lipinski definition) is 3. The van der Waals surface area contributed by atoms with Gasteiger partial charge < -0.3 is 10.4 Å². The third-order valence-corrected chi connectivity index (χ3v) is 4.05. The van der Waals surface area contributed by atoms with Gasteiger partial charge in [-0.2, -0.15) is 13.2 Å². The molecule has 0 aromatic heterocycles. The minimum Gasteiger partial charge on any atom is -0.379 e. The van der Waals surface area contributed by atoms with Crippen LogP contribution in [-0.4, -0.2) is 54.5 Å². The summed E-state index contributed by atoms with van der Waals surface area (Å²) < 4.78 is 38.4. The minimum atomic E-state index is -4.51. The lowest BCUT2D eigenvalue weighted by Crippen LogP contribution is -2.57. The van der Waals surface area contributed by atoms with E-state index in [9.17, 15) is 18.3 Å². The van der Waals surface area contributed by atoms with Gasteiger partial charge in [0.25, 0.3) is 0 Å². The second kappa shape index (κ2) is 6.61. The van der Waals surface area contributed by atoms with Crippen molar-refractivity contribution < 1.29 is 18.3 Å². The van der Waals surface area contributed by atoms with Gasteiger partial charge in [0, 0.05) is 13.1 Å². The van der Waals surface area contributed by atoms with E-state index in [-0.39, 0.29) is 25.4 Å². The lowest BCUT2D eigenvalue weighted by Gasteiger charge is -2.41. The van der Waals surface area contributed by atoms with Crippen LogP contribution in [0.2, 0.25) is 0 Å². The van der Waals surface area contributed by atoms with Gasteiger partial charge in [0.1, 0.15) is 0 Å². The SMILES string of the molecule is Cl.OC1(C(F)(F)F)CCCN(CC2CCNCC2)C1. The van der Waals surface area contributed by atoms with E-state index in [0.29, 0.717) is 25.4 Å². The minimum absolute atomic E-state index is 0. The van der Waals surface area contributed by atoms with Crippen molar-refractivity contribution in [2.75, 3.05) is 32.7 Å². The molecule has 0 aliphatic carbocycles. The Hall–Kier alpha value is -0.0400. The summed E-state index contributed by atoms with van der Waals surface area (Å²) in [6.07, 6.45) is -2.23. The molecule has 0 saturated carbocycles. The Morgan fingerprint density at radius 1 is 1.26 bits per heavy atom. The molecule has 2 heterocycles. The standard InChI is InChI=1S/C12H21F3N2O.ClH/c13-12(14,15)11(18)4-1-7-17(9-11)8-10-2-5-16-6-3-10;/h10,16,18H,1-9H2;1H. The summed E-state index contributed by atoms with van der Waals surface area (Å²) in [7, 11) is 0. The summed E-state index contributed by atoms with van der Waals surface area (Å²) in [5.41, 5.74) is -2.50. The van der Waals surface area contributed by atoms with Crippen molar-refractivity contribution >= 4 is 12.4 Å². The molecule has 2 fully saturated rings. The molecule has 19 heavy (non-hydrogen) atoms. The fourth-order valence-electron chi connectivity index (χ4n) is 2.94. The summed E-state index contributed by atoms with van der Waals surface area (Å²) in [5.74, 6) is 0.460. The molecule has 2 rings (SSSR count). The third kappa shape index (κ3) is 4.21. The first-order valence-corrected chi connectivity index (χ1v) is 6.63. The molecule has 0 amide bonds. The third-order valence-electron chi connectivity index (χ3n) is 4.05. The predicted octanol–water partition coefficient (Wildman–Crippen LogP) is 1.80. The van der Waals surface area contributed by atoms with Crippen LogP contribution in [0.5, 0.6) is 0 Å². The second-order valence-electron chi connectivity index (χ2n) is 5.56. The maximum atomic E-state index is 12.8. The highest BCUT2D eigenvalue weighted by Crippen LogP contribution is 2.37. The van der Waals surface area contributed by atoms with Crippen molar-refractivity contribution in [2.45, 2.75) is 37.5 Å². The monoisotopic (exact) mass is 302 g/mol. The number of hydrogen-bond donors (Lipinski definition) is 2. The molecule has 2 N–H and O–H groups in total. The van der Waals surface area contributed by atoms with Crippen LogP contribution in [0.3, 0.4) is 0 Å². The molecule has 2 aliphatic rings. The van der Waals surface area contributed by atoms with E-state index in [2.05, 4.69) is 5.32 Å². The average Bonchev–Trinajstić information content (AvgIpc) is 2.29. The molecule has 1 unspecified atom stereocenters. The molecule has 0 aromatic carbocycles. The van der Waals surface area contributed by atoms with Crippen LogP contribution in [0.25, 0.3) is 0 Å². The van der Waals surface area contributed by atoms with E-state index >= 15 is 0 Å². The Kier molecular flexibility index (Phi) is 5.92. The number of halogens is 4. The zero-order valence-electron chi connectivity index (χ0n) is 10.9. The fourth-order valence-corrected chi connectivity index (χ4v) is 2.94. The topological polar surface area (TPSA) is 35.5 Å². The van der Waals surface area contributed by atoms with Gasteiger partial charge in [0.15, 0.2) is 5.60 Å². The zero-order chi connectivity index (χ0) is 13.2. The molecule has 3 nitrogen and oxygen atoms in total. The molecule has 0 bridgehead atoms. The summed E-state index contributed by atoms with van der Waals surface area (Å²) in [5, 5.41) is 13.0. The van der Waals surface area contributed by atoms with Crippen LogP contribution in [-0.2, 0) is 0 Å². The molecular weight excluding hydrogens is 281 g/mol. The van der Waals surface area contributed by atoms with Crippen LogP contribution in [0.15, 0.2) is 0 Å². The summed E-state index contributed by atoms with van der Waals surface area (Å²) >= 11 is 0. The van der Waals surface area contributed by atoms with Crippen LogP contribution in [0.1, 0.15) is 25.7 Å². The summed E-state index contributed by atoms with van der Waals surface area (Å²) in [6, 6.07) is 0. The summed E-state index contributed by atoms with van der Waals surface area (Å²) in [6.45, 7) is 2.98. The number of likely N-dealkylation sites (tertiary alicyclic amines) is 1. The van der Waals surface area contributed by atoms with Crippen LogP contribution < -0.4 is 5.32 Å². The molecule has 1 atom stereocenters. The molecule has 2 aliphatic heterocycles. The highest BCUT2D eigenvalue weighted by atomic mass is 35.5. The van der Waals surface area contributed by atoms with Gasteiger partial charge in [-0.15, -0.1) is 12.4 Å². The predicted molar refractivity (Wildman–Crippen MR) is 69.5 cm³/mol. The van der Waals surface area contributed by atoms with Crippen molar-refractivity contribution in [1.82, 2.24) is 10.2 Å². The Morgan fingerprint density at radius 3 is 2.47 bits per heavy atom. The van der Waals surface area contributed by atoms with E-state index in [0.717, 1.165) is 25.9 Å². The van der Waals surface area contributed by atoms with Crippen molar-refractivity contribution in [3.05, 3.63) is 0 Å². The lowest BCUT2D eigenvalue weighted by atomic mass is 9.90. The quantitative estimate of drug-likeness (QED) is 0.816. The maximum absolute atomic E-state index is 12.8. The van der Waals surface area contributed by atoms with Crippen molar-refractivity contribution in [2.24, 2.45) is 5.92 Å². The van der Waals surface area contributed by atoms with Crippen LogP contribution in [0, 0.1) is 5.92 Å². The Labute approximate surface area is 117 Å². The Balaban J connectivity index is 0.00000180. The number of piperidine rings is 2. The van der Waals surface area contributed by atoms with Gasteiger partial charge in [-0.1, -0.05) is 0 Å². The van der Waals surface area contributed by atoms with Gasteiger partial charge >= 0.3 is 6.18 Å². The van der Waals surface area contributed by atoms with Gasteiger partial charge in [-0.3, -0.25) is 4.90 Å². The molecule has 0 aromatic rings. The van der Waals surface area contributed by atoms with E-state index in [1.807, 2.05) is 0 Å². The van der Waals surface area contributed by atoms with Crippen molar-refractivity contribution in [1.29, 1.82) is 0 Å². The second-order valence-corrected chi connectivity index (χ2v) is 5.56. The van der Waals surface area contributed by atoms with Crippen molar-refractivity contribution in [3.63, 3.8) is 0 Å². The summed E-state index contributed by atoms with van der Waals surface area (Å²) in [4.78, 5) is 1.78. The number of nitrogens with one attached hydrogen (secondary N) is 1. The number of rotatable bonds is 2. The van der Waals surface area contributed by atoms with Gasteiger partial charge in [-0.05, 0) is 51.2 Å². The molecule has 0 radical (unpaired) electrons. The van der Waals surface area contributed by atoms with Crippen LogP contribution in [0.4, 0.5) is 13.2 Å². The normalized spacial score (nSPS) is 30.9. The van der Waals surface area contributed by atoms with Gasteiger partial charge in [0.2, 0.25) is 0 Å². The fraction of sp³-hybridized carbons (Fsp3) is 1.00. The Morgan fingerprint density at radius 2 is 1.89 bits per heavy atom. The number of nitrogens with zero attached hydrogens (tertiary/aromatic N) is 1. The molecule has 114 valence electrons. The van der Waals surface area contributed by atoms with E-state index in [1.165, 1.54) is 0 Å². The first-order valence-electron chi connectivity index (χ1n) is 6.63. The molecular formula is C12H22ClF3N2O. The van der Waals surface area contributed by atoms with E-state index in [1.54, 1.807) is 4.90 Å². The largest absolute Gasteiger partial charge is 0.418 e. The molecule has 2 saturated heterocycles. The average molecular weight is 303 g/mol. The first kappa shape index (κ1) is 17.0. The lowest BCUT2D eigenvalue weighted by molar-refractivity contribution is -0.274. The zero-order valence-corrected chi connectivity index (χ0v) is 11.7. The first-order chi connectivity index (χ1) is 8.41. The number of aliphatic hydroxyl groups is 1. The van der Waals surface area contributed by atoms with Gasteiger partial charge in [0.05, 0.1) is 0 Å². The Bertz CT molecular complexity index is 285. The maximum Gasteiger partial charge on any atom is 0.418 e. The molecule has 7 heteroatoms. The molecule has 0 spiro atoms. The highest BCUT2D eigenvalue weighted by molar-refractivity contribution is 5.85. The van der Waals surface area contributed by atoms with Crippen molar-refractivity contribution in [3.8, 4) is 0 Å². The van der Waals surface area contributed by atoms with E-state index < -0.39 is 11.8 Å². The number of β-amino-alcohol motifs (C(OH)–C–C–N with tert-alkyl or cyclic N) is 1. The van der Waals surface area contributed by atoms with Gasteiger partial charge in [-0.25, -0.2) is 0 Å². The van der Waals surface area contributed by atoms with Crippen LogP contribution >= 0.6 is 12.4 Å². The van der Waals surface area contributed by atoms with E-state index in [4.69, 9.17) is 0 Å². The smallest absolute Gasteiger partial charge is 0.379 e.